The fourth-order valence-electron chi connectivity index (χ4n) is 7.38. The van der Waals surface area contributed by atoms with Gasteiger partial charge in [0.1, 0.15) is 46.0 Å². The summed E-state index contributed by atoms with van der Waals surface area (Å²) in [5.41, 5.74) is 4.72. The van der Waals surface area contributed by atoms with E-state index < -0.39 is 48.4 Å². The summed E-state index contributed by atoms with van der Waals surface area (Å²) in [6.45, 7) is 33.4. The van der Waals surface area contributed by atoms with Gasteiger partial charge in [0.2, 0.25) is 12.6 Å². The first-order valence-electron chi connectivity index (χ1n) is 25.8. The van der Waals surface area contributed by atoms with Crippen molar-refractivity contribution in [3.05, 3.63) is 229 Å². The third kappa shape index (κ3) is 17.5. The van der Waals surface area contributed by atoms with Crippen LogP contribution in [0.2, 0.25) is 0 Å². The zero-order valence-electron chi connectivity index (χ0n) is 47.5. The molecule has 2 N–H and O–H groups in total. The van der Waals surface area contributed by atoms with Crippen molar-refractivity contribution < 1.29 is 76.9 Å². The van der Waals surface area contributed by atoms with Gasteiger partial charge in [-0.15, -0.1) is 0 Å². The first-order valence-corrected chi connectivity index (χ1v) is 25.8. The van der Waals surface area contributed by atoms with Gasteiger partial charge >= 0.3 is 35.8 Å². The molecule has 0 amide bonds. The molecule has 16 nitrogen and oxygen atoms in total. The van der Waals surface area contributed by atoms with E-state index in [1.165, 1.54) is 51.1 Å². The van der Waals surface area contributed by atoms with E-state index in [1.54, 1.807) is 137 Å². The van der Waals surface area contributed by atoms with Gasteiger partial charge in [0.25, 0.3) is 0 Å². The third-order valence-corrected chi connectivity index (χ3v) is 12.0. The lowest BCUT2D eigenvalue weighted by molar-refractivity contribution is -0.131. The zero-order chi connectivity index (χ0) is 61.5. The molecule has 0 bridgehead atoms. The Hall–Kier alpha value is -10.4. The molecule has 0 aliphatic rings. The van der Waals surface area contributed by atoms with E-state index in [2.05, 4.69) is 39.5 Å². The Kier molecular flexibility index (Phi) is 21.2. The van der Waals surface area contributed by atoms with E-state index in [0.29, 0.717) is 50.3 Å². The molecule has 0 radical (unpaired) electrons. The van der Waals surface area contributed by atoms with Crippen LogP contribution in [0.5, 0.6) is 46.0 Å². The number of benzene rings is 6. The van der Waals surface area contributed by atoms with Crippen LogP contribution in [-0.2, 0) is 35.2 Å². The zero-order valence-corrected chi connectivity index (χ0v) is 47.5. The molecule has 0 spiro atoms. The number of hydrogen-bond donors (Lipinski definition) is 2. The second-order valence-corrected chi connectivity index (χ2v) is 19.5. The van der Waals surface area contributed by atoms with Gasteiger partial charge < -0.3 is 48.1 Å². The van der Waals surface area contributed by atoms with Crippen molar-refractivity contribution in [2.24, 2.45) is 0 Å². The molecule has 0 saturated heterocycles. The van der Waals surface area contributed by atoms with Gasteiger partial charge in [-0.1, -0.05) is 88.0 Å². The van der Waals surface area contributed by atoms with Crippen molar-refractivity contribution in [2.45, 2.75) is 67.5 Å². The molecule has 2 unspecified atom stereocenters. The quantitative estimate of drug-likeness (QED) is 0.0189. The highest BCUT2D eigenvalue weighted by Gasteiger charge is 2.24. The second kappa shape index (κ2) is 28.3. The topological polar surface area (TPSA) is 217 Å². The molecule has 2 atom stereocenters. The van der Waals surface area contributed by atoms with Crippen molar-refractivity contribution in [3.8, 4) is 68.2 Å². The van der Waals surface area contributed by atoms with Crippen LogP contribution in [-0.4, -0.2) is 58.6 Å². The number of rotatable bonds is 24. The third-order valence-electron chi connectivity index (χ3n) is 12.0. The first kappa shape index (κ1) is 62.8. The summed E-state index contributed by atoms with van der Waals surface area (Å²) < 4.78 is 45.4. The molecule has 16 heteroatoms. The van der Waals surface area contributed by atoms with Gasteiger partial charge in [0.05, 0.1) is 0 Å². The second-order valence-electron chi connectivity index (χ2n) is 19.5. The normalized spacial score (nSPS) is 11.8. The molecule has 0 aliphatic carbocycles. The summed E-state index contributed by atoms with van der Waals surface area (Å²) in [6.07, 6.45) is -0.104. The van der Waals surface area contributed by atoms with Crippen molar-refractivity contribution in [2.75, 3.05) is 0 Å². The van der Waals surface area contributed by atoms with E-state index in [4.69, 9.17) is 37.9 Å². The number of aliphatic hydroxyl groups is 2. The lowest BCUT2D eigenvalue weighted by Gasteiger charge is -2.19. The number of ether oxygens (including phenoxy) is 8. The van der Waals surface area contributed by atoms with Gasteiger partial charge in [-0.2, -0.15) is 0 Å². The Labute approximate surface area is 486 Å². The summed E-state index contributed by atoms with van der Waals surface area (Å²) in [4.78, 5) is 79.2. The molecule has 84 heavy (non-hydrogen) atoms. The maximum absolute atomic E-state index is 14.5. The Morgan fingerprint density at radius 3 is 1.40 bits per heavy atom. The monoisotopic (exact) mass is 1130 g/mol. The smallest absolute Gasteiger partial charge is 0.339 e. The van der Waals surface area contributed by atoms with Crippen LogP contribution in [0.25, 0.3) is 33.9 Å². The number of carbonyl (C=O) groups excluding carboxylic acids is 6. The number of carbonyl (C=O) groups is 6. The van der Waals surface area contributed by atoms with Crippen LogP contribution in [0, 0.1) is 0 Å². The van der Waals surface area contributed by atoms with Gasteiger partial charge in [0.15, 0.2) is 0 Å². The predicted octanol–water partition coefficient (Wildman–Crippen LogP) is 12.7. The van der Waals surface area contributed by atoms with Crippen molar-refractivity contribution in [3.63, 3.8) is 0 Å². The molecule has 0 aliphatic heterocycles. The molecule has 6 aromatic carbocycles. The fourth-order valence-corrected chi connectivity index (χ4v) is 7.38. The number of aliphatic hydroxyl groups excluding tert-OH is 2. The average molecular weight is 1140 g/mol. The van der Waals surface area contributed by atoms with Crippen LogP contribution in [0.15, 0.2) is 212 Å². The van der Waals surface area contributed by atoms with E-state index >= 15 is 0 Å². The van der Waals surface area contributed by atoms with Crippen molar-refractivity contribution in [1.82, 2.24) is 0 Å². The molecule has 0 aromatic heterocycles. The maximum Gasteiger partial charge on any atom is 0.339 e. The highest BCUT2D eigenvalue weighted by Crippen LogP contribution is 2.41. The molecular formula is C68H62O16. The number of esters is 6. The van der Waals surface area contributed by atoms with Gasteiger partial charge in [-0.25, -0.2) is 28.8 Å². The molecular weight excluding hydrogens is 1070 g/mol. The Balaban J connectivity index is 1.37. The van der Waals surface area contributed by atoms with Crippen LogP contribution in [0.3, 0.4) is 0 Å². The minimum atomic E-state index is -1.31. The minimum absolute atomic E-state index is 0.00846. The number of allylic oxidation sites excluding steroid dienone is 1. The average Bonchev–Trinajstić information content (AvgIpc) is 3.11. The summed E-state index contributed by atoms with van der Waals surface area (Å²) in [6, 6.07) is 32.9. The largest absolute Gasteiger partial charge is 0.461 e. The first-order chi connectivity index (χ1) is 39.7. The maximum atomic E-state index is 14.5. The minimum Gasteiger partial charge on any atom is -0.461 e. The lowest BCUT2D eigenvalue weighted by Crippen LogP contribution is -2.16. The summed E-state index contributed by atoms with van der Waals surface area (Å²) in [5.74, 6) is -3.72. The van der Waals surface area contributed by atoms with Gasteiger partial charge in [0, 0.05) is 63.6 Å². The standard InChI is InChI=1S/C68H62O16/c1-38(2)62(70)78-51-22-14-46(15-23-51)32-44(12)67(75)82-55-30-31-57(48-18-26-53(27-19-48)80-64(72)40(5)6)58(36-55)83-68(76)45(13)33-50-35-56(77-60(69)34-43(11)47-16-24-52(25-17-47)79-63(71)39(3)4)37-59(84-66(74)42(9)10)61(50)49-20-28-54(29-21-49)81-65(73)41(7)8/h14-32,34-37,64-65,72-73H,1,3,5,7,9,13,33H2,2,4,6,8,10-12H3/b43-34+,44-32+. The van der Waals surface area contributed by atoms with Gasteiger partial charge in [-0.3, -0.25) is 0 Å². The predicted molar refractivity (Wildman–Crippen MR) is 318 cm³/mol. The van der Waals surface area contributed by atoms with Crippen LogP contribution in [0.4, 0.5) is 0 Å². The Morgan fingerprint density at radius 2 is 0.893 bits per heavy atom. The number of hydrogen-bond acceptors (Lipinski definition) is 16. The SMILES string of the molecule is C=C(C)C(=O)Oc1ccc(/C=C(\C)C(=O)Oc2ccc(-c3ccc(OC(O)C(=C)C)cc3)c(OC(=O)C(=C)Cc3cc(OC(=O)/C=C(\C)c4ccc(OC(=O)C(=C)C)cc4)cc(OC(=O)C(=C)C)c3-c3ccc(OC(O)C(=C)C)cc3)c2)cc1. The van der Waals surface area contributed by atoms with E-state index in [-0.39, 0.29) is 85.7 Å². The van der Waals surface area contributed by atoms with E-state index in [1.807, 2.05) is 0 Å². The molecule has 0 fully saturated rings. The highest BCUT2D eigenvalue weighted by atomic mass is 16.6. The Bertz CT molecular complexity index is 3670. The van der Waals surface area contributed by atoms with Crippen LogP contribution >= 0.6 is 0 Å². The fraction of sp³-hybridized carbons (Fsp3) is 0.147. The Morgan fingerprint density at radius 1 is 0.452 bits per heavy atom. The molecule has 430 valence electrons. The molecule has 6 rings (SSSR count). The van der Waals surface area contributed by atoms with E-state index in [0.717, 1.165) is 0 Å². The van der Waals surface area contributed by atoms with Crippen LogP contribution < -0.4 is 37.9 Å². The summed E-state index contributed by atoms with van der Waals surface area (Å²) in [7, 11) is 0. The molecule has 0 saturated carbocycles. The highest BCUT2D eigenvalue weighted by molar-refractivity contribution is 5.97. The van der Waals surface area contributed by atoms with E-state index in [9.17, 15) is 39.0 Å². The van der Waals surface area contributed by atoms with Crippen molar-refractivity contribution >= 4 is 47.5 Å². The summed E-state index contributed by atoms with van der Waals surface area (Å²) >= 11 is 0. The van der Waals surface area contributed by atoms with Crippen LogP contribution in [0.1, 0.15) is 65.2 Å². The molecule has 6 aromatic rings. The lowest BCUT2D eigenvalue weighted by atomic mass is 9.93. The van der Waals surface area contributed by atoms with Gasteiger partial charge in [-0.05, 0) is 166 Å². The molecule has 0 heterocycles. The van der Waals surface area contributed by atoms with Crippen molar-refractivity contribution in [1.29, 1.82) is 0 Å². The summed E-state index contributed by atoms with van der Waals surface area (Å²) in [5, 5.41) is 20.7.